The van der Waals surface area contributed by atoms with Crippen LogP contribution in [0.5, 0.6) is 0 Å². The van der Waals surface area contributed by atoms with E-state index in [4.69, 9.17) is 9.47 Å². The first-order valence-corrected chi connectivity index (χ1v) is 10.7. The summed E-state index contributed by atoms with van der Waals surface area (Å²) in [6.07, 6.45) is 0. The van der Waals surface area contributed by atoms with Gasteiger partial charge < -0.3 is 19.7 Å². The Balaban J connectivity index is 2.09. The summed E-state index contributed by atoms with van der Waals surface area (Å²) in [5, 5.41) is 2.71. The average Bonchev–Trinajstić information content (AvgIpc) is 3.05. The molecule has 2 aromatic carbocycles. The molecule has 33 heavy (non-hydrogen) atoms. The molecule has 0 saturated carbocycles. The molecule has 2 aromatic rings. The van der Waals surface area contributed by atoms with Gasteiger partial charge in [-0.15, -0.1) is 0 Å². The smallest absolute Gasteiger partial charge is 0.282 e. The zero-order chi connectivity index (χ0) is 24.0. The van der Waals surface area contributed by atoms with Crippen molar-refractivity contribution < 1.29 is 23.9 Å². The first kappa shape index (κ1) is 24.2. The van der Waals surface area contributed by atoms with Gasteiger partial charge in [0.2, 0.25) is 5.91 Å². The number of carbonyl (C=O) groups excluding carboxylic acids is 3. The highest BCUT2D eigenvalue weighted by Crippen LogP contribution is 2.35. The topological polar surface area (TPSA) is 88.2 Å². The maximum Gasteiger partial charge on any atom is 0.282 e. The molecule has 8 heteroatoms. The van der Waals surface area contributed by atoms with Crippen LogP contribution in [0, 0.1) is 6.92 Å². The SMILES string of the molecule is COCCN(CCOC)C1=C(c2ccc(NC(C)=O)cc2)C(=O)N(c2ccc(C)cc2)C1=O. The molecule has 0 saturated heterocycles. The summed E-state index contributed by atoms with van der Waals surface area (Å²) >= 11 is 0. The maximum absolute atomic E-state index is 13.6. The van der Waals surface area contributed by atoms with E-state index in [0.29, 0.717) is 54.5 Å². The minimum atomic E-state index is -0.397. The number of nitrogens with zero attached hydrogens (tertiary/aromatic N) is 2. The highest BCUT2D eigenvalue weighted by Gasteiger charge is 2.42. The van der Waals surface area contributed by atoms with Crippen molar-refractivity contribution in [2.24, 2.45) is 0 Å². The van der Waals surface area contributed by atoms with Gasteiger partial charge >= 0.3 is 0 Å². The predicted octanol–water partition coefficient (Wildman–Crippen LogP) is 2.83. The lowest BCUT2D eigenvalue weighted by atomic mass is 10.0. The largest absolute Gasteiger partial charge is 0.383 e. The van der Waals surface area contributed by atoms with Crippen molar-refractivity contribution in [2.75, 3.05) is 50.7 Å². The van der Waals surface area contributed by atoms with E-state index in [2.05, 4.69) is 5.32 Å². The van der Waals surface area contributed by atoms with E-state index in [-0.39, 0.29) is 5.91 Å². The van der Waals surface area contributed by atoms with E-state index in [1.807, 2.05) is 24.0 Å². The van der Waals surface area contributed by atoms with Crippen molar-refractivity contribution >= 4 is 34.7 Å². The van der Waals surface area contributed by atoms with Crippen molar-refractivity contribution in [3.05, 3.63) is 65.4 Å². The fraction of sp³-hybridized carbons (Fsp3) is 0.320. The second-order valence-electron chi connectivity index (χ2n) is 7.74. The molecule has 0 atom stereocenters. The summed E-state index contributed by atoms with van der Waals surface area (Å²) in [6, 6.07) is 14.1. The van der Waals surface area contributed by atoms with Crippen LogP contribution in [0.25, 0.3) is 5.57 Å². The van der Waals surface area contributed by atoms with Crippen LogP contribution in [0.15, 0.2) is 54.2 Å². The molecule has 0 radical (unpaired) electrons. The number of hydrogen-bond donors (Lipinski definition) is 1. The van der Waals surface area contributed by atoms with E-state index < -0.39 is 11.8 Å². The Bertz CT molecular complexity index is 1040. The fourth-order valence-electron chi connectivity index (χ4n) is 3.66. The van der Waals surface area contributed by atoms with Gasteiger partial charge in [-0.1, -0.05) is 29.8 Å². The summed E-state index contributed by atoms with van der Waals surface area (Å²) in [7, 11) is 3.18. The summed E-state index contributed by atoms with van der Waals surface area (Å²) < 4.78 is 10.5. The van der Waals surface area contributed by atoms with Crippen molar-refractivity contribution in [1.29, 1.82) is 0 Å². The standard InChI is InChI=1S/C25H29N3O5/c1-17-5-11-21(12-6-17)28-24(30)22(19-7-9-20(10-8-19)26-18(2)29)23(25(28)31)27(13-15-32-3)14-16-33-4/h5-12H,13-16H2,1-4H3,(H,26,29). The van der Waals surface area contributed by atoms with Crippen LogP contribution in [-0.4, -0.2) is 63.1 Å². The van der Waals surface area contributed by atoms with Crippen molar-refractivity contribution in [3.63, 3.8) is 0 Å². The summed E-state index contributed by atoms with van der Waals surface area (Å²) in [6.45, 7) is 4.98. The van der Waals surface area contributed by atoms with Crippen LogP contribution in [0.1, 0.15) is 18.1 Å². The second kappa shape index (κ2) is 10.9. The number of rotatable bonds is 10. The third-order valence-corrected chi connectivity index (χ3v) is 5.29. The fourth-order valence-corrected chi connectivity index (χ4v) is 3.66. The molecule has 0 unspecified atom stereocenters. The number of benzene rings is 2. The van der Waals surface area contributed by atoms with Crippen molar-refractivity contribution in [1.82, 2.24) is 4.90 Å². The van der Waals surface area contributed by atoms with E-state index in [0.717, 1.165) is 5.56 Å². The zero-order valence-corrected chi connectivity index (χ0v) is 19.4. The van der Waals surface area contributed by atoms with Gasteiger partial charge in [0, 0.05) is 39.9 Å². The quantitative estimate of drug-likeness (QED) is 0.559. The van der Waals surface area contributed by atoms with Gasteiger partial charge in [-0.25, -0.2) is 4.90 Å². The lowest BCUT2D eigenvalue weighted by Gasteiger charge is -2.25. The maximum atomic E-state index is 13.6. The Hall–Kier alpha value is -3.49. The lowest BCUT2D eigenvalue weighted by molar-refractivity contribution is -0.121. The normalized spacial score (nSPS) is 13.6. The summed E-state index contributed by atoms with van der Waals surface area (Å²) in [5.41, 5.74) is 3.35. The number of methoxy groups -OCH3 is 2. The molecule has 1 aliphatic rings. The van der Waals surface area contributed by atoms with Gasteiger partial charge in [-0.05, 0) is 36.8 Å². The van der Waals surface area contributed by atoms with Crippen LogP contribution in [-0.2, 0) is 23.9 Å². The van der Waals surface area contributed by atoms with Crippen LogP contribution < -0.4 is 10.2 Å². The molecule has 0 fully saturated rings. The molecule has 0 spiro atoms. The Morgan fingerprint density at radius 1 is 0.909 bits per heavy atom. The predicted molar refractivity (Wildman–Crippen MR) is 127 cm³/mol. The molecular formula is C25H29N3O5. The Morgan fingerprint density at radius 2 is 1.48 bits per heavy atom. The van der Waals surface area contributed by atoms with Crippen LogP contribution in [0.4, 0.5) is 11.4 Å². The van der Waals surface area contributed by atoms with E-state index >= 15 is 0 Å². The molecule has 1 heterocycles. The molecule has 174 valence electrons. The molecule has 3 rings (SSSR count). The van der Waals surface area contributed by atoms with Gasteiger partial charge in [-0.2, -0.15) is 0 Å². The van der Waals surface area contributed by atoms with E-state index in [9.17, 15) is 14.4 Å². The third kappa shape index (κ3) is 5.47. The molecule has 0 aliphatic carbocycles. The number of hydrogen-bond acceptors (Lipinski definition) is 6. The zero-order valence-electron chi connectivity index (χ0n) is 19.4. The summed E-state index contributed by atoms with van der Waals surface area (Å²) in [4.78, 5) is 41.6. The molecule has 1 N–H and O–H groups in total. The van der Waals surface area contributed by atoms with Crippen LogP contribution in [0.2, 0.25) is 0 Å². The van der Waals surface area contributed by atoms with Gasteiger partial charge in [0.25, 0.3) is 11.8 Å². The number of nitrogens with one attached hydrogen (secondary N) is 1. The first-order chi connectivity index (χ1) is 15.9. The van der Waals surface area contributed by atoms with Crippen LogP contribution >= 0.6 is 0 Å². The highest BCUT2D eigenvalue weighted by molar-refractivity contribution is 6.45. The van der Waals surface area contributed by atoms with Crippen molar-refractivity contribution in [2.45, 2.75) is 13.8 Å². The minimum Gasteiger partial charge on any atom is -0.383 e. The monoisotopic (exact) mass is 451 g/mol. The first-order valence-electron chi connectivity index (χ1n) is 10.7. The summed E-state index contributed by atoms with van der Waals surface area (Å²) in [5.74, 6) is -0.978. The van der Waals surface area contributed by atoms with Gasteiger partial charge in [-0.3, -0.25) is 14.4 Å². The number of imide groups is 1. The molecule has 0 bridgehead atoms. The molecular weight excluding hydrogens is 422 g/mol. The Labute approximate surface area is 193 Å². The van der Waals surface area contributed by atoms with Crippen molar-refractivity contribution in [3.8, 4) is 0 Å². The second-order valence-corrected chi connectivity index (χ2v) is 7.74. The highest BCUT2D eigenvalue weighted by atomic mass is 16.5. The Morgan fingerprint density at radius 3 is 2.00 bits per heavy atom. The van der Waals surface area contributed by atoms with Gasteiger partial charge in [0.1, 0.15) is 5.70 Å². The van der Waals surface area contributed by atoms with E-state index in [1.54, 1.807) is 50.6 Å². The van der Waals surface area contributed by atoms with Gasteiger partial charge in [0.05, 0.1) is 24.5 Å². The number of anilines is 2. The average molecular weight is 452 g/mol. The molecule has 8 nitrogen and oxygen atoms in total. The Kier molecular flexibility index (Phi) is 7.97. The third-order valence-electron chi connectivity index (χ3n) is 5.29. The number of amides is 3. The number of aryl methyl sites for hydroxylation is 1. The number of ether oxygens (including phenoxy) is 2. The van der Waals surface area contributed by atoms with Gasteiger partial charge in [0.15, 0.2) is 0 Å². The minimum absolute atomic E-state index is 0.189. The molecule has 3 amide bonds. The number of carbonyl (C=O) groups is 3. The van der Waals surface area contributed by atoms with E-state index in [1.165, 1.54) is 11.8 Å². The lowest BCUT2D eigenvalue weighted by Crippen LogP contribution is -2.37. The van der Waals surface area contributed by atoms with Crippen LogP contribution in [0.3, 0.4) is 0 Å². The molecule has 0 aromatic heterocycles. The molecule has 1 aliphatic heterocycles.